The van der Waals surface area contributed by atoms with E-state index in [9.17, 15) is 4.79 Å². The molecule has 1 saturated heterocycles. The third kappa shape index (κ3) is 3.70. The molecule has 1 fully saturated rings. The van der Waals surface area contributed by atoms with Gasteiger partial charge in [0.15, 0.2) is 0 Å². The van der Waals surface area contributed by atoms with Crippen molar-refractivity contribution in [3.05, 3.63) is 28.2 Å². The highest BCUT2D eigenvalue weighted by atomic mass is 79.9. The van der Waals surface area contributed by atoms with E-state index in [2.05, 4.69) is 15.9 Å². The Morgan fingerprint density at radius 3 is 2.79 bits per heavy atom. The Balaban J connectivity index is 2.19. The fourth-order valence-electron chi connectivity index (χ4n) is 2.18. The molecule has 0 spiro atoms. The first-order valence-electron chi connectivity index (χ1n) is 6.48. The first-order valence-corrected chi connectivity index (χ1v) is 7.27. The first kappa shape index (κ1) is 14.3. The molecule has 1 aliphatic rings. The predicted molar refractivity (Wildman–Crippen MR) is 78.4 cm³/mol. The van der Waals surface area contributed by atoms with Crippen molar-refractivity contribution in [2.75, 3.05) is 13.1 Å². The van der Waals surface area contributed by atoms with Crippen LogP contribution >= 0.6 is 15.9 Å². The molecule has 0 saturated carbocycles. The normalized spacial score (nSPS) is 19.0. The summed E-state index contributed by atoms with van der Waals surface area (Å²) in [4.78, 5) is 14.2. The Labute approximate surface area is 122 Å². The summed E-state index contributed by atoms with van der Waals surface area (Å²) < 4.78 is 6.49. The van der Waals surface area contributed by atoms with Crippen LogP contribution in [-0.4, -0.2) is 36.0 Å². The predicted octanol–water partition coefficient (Wildman–Crippen LogP) is 2.41. The van der Waals surface area contributed by atoms with Gasteiger partial charge in [-0.2, -0.15) is 0 Å². The van der Waals surface area contributed by atoms with E-state index in [0.29, 0.717) is 17.9 Å². The van der Waals surface area contributed by atoms with Crippen molar-refractivity contribution >= 4 is 21.8 Å². The SMILES string of the molecule is CC(C)Oc1cc(Br)cc(C(=O)N2CCC(N)C2)c1. The summed E-state index contributed by atoms with van der Waals surface area (Å²) in [6.45, 7) is 5.28. The molecule has 0 aromatic heterocycles. The molecule has 19 heavy (non-hydrogen) atoms. The number of hydrogen-bond acceptors (Lipinski definition) is 3. The van der Waals surface area contributed by atoms with Gasteiger partial charge in [0.2, 0.25) is 0 Å². The van der Waals surface area contributed by atoms with Gasteiger partial charge in [0.05, 0.1) is 6.10 Å². The van der Waals surface area contributed by atoms with Gasteiger partial charge in [-0.25, -0.2) is 0 Å². The molecule has 104 valence electrons. The zero-order valence-electron chi connectivity index (χ0n) is 11.2. The summed E-state index contributed by atoms with van der Waals surface area (Å²) in [6.07, 6.45) is 0.951. The van der Waals surface area contributed by atoms with Gasteiger partial charge in [-0.15, -0.1) is 0 Å². The van der Waals surface area contributed by atoms with E-state index in [1.54, 1.807) is 11.0 Å². The van der Waals surface area contributed by atoms with Gasteiger partial charge in [-0.3, -0.25) is 4.79 Å². The molecule has 1 atom stereocenters. The number of carbonyl (C=O) groups is 1. The lowest BCUT2D eigenvalue weighted by molar-refractivity contribution is 0.0790. The van der Waals surface area contributed by atoms with Gasteiger partial charge in [0, 0.05) is 29.2 Å². The van der Waals surface area contributed by atoms with Gasteiger partial charge < -0.3 is 15.4 Å². The second-order valence-corrected chi connectivity index (χ2v) is 6.06. The largest absolute Gasteiger partial charge is 0.491 e. The molecular formula is C14H19BrN2O2. The Kier molecular flexibility index (Phi) is 4.47. The molecule has 5 heteroatoms. The third-order valence-electron chi connectivity index (χ3n) is 3.00. The molecular weight excluding hydrogens is 308 g/mol. The maximum Gasteiger partial charge on any atom is 0.254 e. The van der Waals surface area contributed by atoms with Gasteiger partial charge in [0.25, 0.3) is 5.91 Å². The highest BCUT2D eigenvalue weighted by Crippen LogP contribution is 2.24. The van der Waals surface area contributed by atoms with Crippen LogP contribution in [0.15, 0.2) is 22.7 Å². The number of nitrogens with zero attached hydrogens (tertiary/aromatic N) is 1. The highest BCUT2D eigenvalue weighted by molar-refractivity contribution is 9.10. The van der Waals surface area contributed by atoms with Crippen LogP contribution in [0.4, 0.5) is 0 Å². The van der Waals surface area contributed by atoms with Crippen LogP contribution in [0, 0.1) is 0 Å². The molecule has 1 aliphatic heterocycles. The Morgan fingerprint density at radius 1 is 1.47 bits per heavy atom. The van der Waals surface area contributed by atoms with Crippen LogP contribution in [0.1, 0.15) is 30.6 Å². The van der Waals surface area contributed by atoms with E-state index in [1.165, 1.54) is 0 Å². The monoisotopic (exact) mass is 326 g/mol. The second kappa shape index (κ2) is 5.92. The average molecular weight is 327 g/mol. The lowest BCUT2D eigenvalue weighted by Crippen LogP contribution is -2.31. The van der Waals surface area contributed by atoms with Crippen LogP contribution in [0.3, 0.4) is 0 Å². The first-order chi connectivity index (χ1) is 8.95. The molecule has 2 rings (SSSR count). The fourth-order valence-corrected chi connectivity index (χ4v) is 2.65. The number of likely N-dealkylation sites (tertiary alicyclic amines) is 1. The minimum Gasteiger partial charge on any atom is -0.491 e. The van der Waals surface area contributed by atoms with E-state index in [1.807, 2.05) is 26.0 Å². The van der Waals surface area contributed by atoms with E-state index in [0.717, 1.165) is 17.4 Å². The summed E-state index contributed by atoms with van der Waals surface area (Å²) in [5, 5.41) is 0. The molecule has 1 unspecified atom stereocenters. The quantitative estimate of drug-likeness (QED) is 0.928. The summed E-state index contributed by atoms with van der Waals surface area (Å²) in [5.74, 6) is 0.721. The van der Waals surface area contributed by atoms with Crippen LogP contribution in [-0.2, 0) is 0 Å². The van der Waals surface area contributed by atoms with Crippen molar-refractivity contribution in [3.63, 3.8) is 0 Å². The molecule has 1 heterocycles. The number of rotatable bonds is 3. The maximum absolute atomic E-state index is 12.4. The molecule has 1 aromatic carbocycles. The van der Waals surface area contributed by atoms with E-state index in [-0.39, 0.29) is 18.1 Å². The minimum absolute atomic E-state index is 0.0165. The number of benzene rings is 1. The van der Waals surface area contributed by atoms with Gasteiger partial charge in [-0.05, 0) is 38.5 Å². The summed E-state index contributed by atoms with van der Waals surface area (Å²) in [5.41, 5.74) is 6.48. The zero-order chi connectivity index (χ0) is 14.0. The number of hydrogen-bond donors (Lipinski definition) is 1. The summed E-state index contributed by atoms with van der Waals surface area (Å²) >= 11 is 3.42. The maximum atomic E-state index is 12.4. The van der Waals surface area contributed by atoms with Crippen molar-refractivity contribution in [2.24, 2.45) is 5.73 Å². The molecule has 1 amide bonds. The van der Waals surface area contributed by atoms with Crippen LogP contribution in [0.2, 0.25) is 0 Å². The summed E-state index contributed by atoms with van der Waals surface area (Å²) in [7, 11) is 0. The topological polar surface area (TPSA) is 55.6 Å². The molecule has 0 bridgehead atoms. The molecule has 1 aromatic rings. The standard InChI is InChI=1S/C14H19BrN2O2/c1-9(2)19-13-6-10(5-11(15)7-13)14(18)17-4-3-12(16)8-17/h5-7,9,12H,3-4,8,16H2,1-2H3. The number of nitrogens with two attached hydrogens (primary N) is 1. The summed E-state index contributed by atoms with van der Waals surface area (Å²) in [6, 6.07) is 5.57. The number of amides is 1. The van der Waals surface area contributed by atoms with Crippen LogP contribution < -0.4 is 10.5 Å². The Bertz CT molecular complexity index is 477. The van der Waals surface area contributed by atoms with E-state index in [4.69, 9.17) is 10.5 Å². The Morgan fingerprint density at radius 2 is 2.21 bits per heavy atom. The number of halogens is 1. The van der Waals surface area contributed by atoms with Crippen molar-refractivity contribution in [2.45, 2.75) is 32.4 Å². The van der Waals surface area contributed by atoms with E-state index >= 15 is 0 Å². The van der Waals surface area contributed by atoms with E-state index < -0.39 is 0 Å². The molecule has 0 radical (unpaired) electrons. The third-order valence-corrected chi connectivity index (χ3v) is 3.46. The fraction of sp³-hybridized carbons (Fsp3) is 0.500. The van der Waals surface area contributed by atoms with Crippen molar-refractivity contribution < 1.29 is 9.53 Å². The van der Waals surface area contributed by atoms with Crippen molar-refractivity contribution in [3.8, 4) is 5.75 Å². The smallest absolute Gasteiger partial charge is 0.254 e. The van der Waals surface area contributed by atoms with Crippen molar-refractivity contribution in [1.82, 2.24) is 4.90 Å². The zero-order valence-corrected chi connectivity index (χ0v) is 12.8. The van der Waals surface area contributed by atoms with Gasteiger partial charge in [-0.1, -0.05) is 15.9 Å². The number of carbonyl (C=O) groups excluding carboxylic acids is 1. The van der Waals surface area contributed by atoms with Crippen LogP contribution in [0.25, 0.3) is 0 Å². The number of ether oxygens (including phenoxy) is 1. The molecule has 2 N–H and O–H groups in total. The highest BCUT2D eigenvalue weighted by Gasteiger charge is 2.25. The van der Waals surface area contributed by atoms with Crippen molar-refractivity contribution in [1.29, 1.82) is 0 Å². The lowest BCUT2D eigenvalue weighted by Gasteiger charge is -2.17. The second-order valence-electron chi connectivity index (χ2n) is 5.14. The average Bonchev–Trinajstić information content (AvgIpc) is 2.73. The minimum atomic E-state index is 0.0165. The van der Waals surface area contributed by atoms with Gasteiger partial charge >= 0.3 is 0 Å². The Hall–Kier alpha value is -1.07. The van der Waals surface area contributed by atoms with Gasteiger partial charge in [0.1, 0.15) is 5.75 Å². The molecule has 0 aliphatic carbocycles. The lowest BCUT2D eigenvalue weighted by atomic mass is 10.2. The van der Waals surface area contributed by atoms with Crippen LogP contribution in [0.5, 0.6) is 5.75 Å². The molecule has 4 nitrogen and oxygen atoms in total.